The molecule has 6 nitrogen and oxygen atoms in total. The summed E-state index contributed by atoms with van der Waals surface area (Å²) in [5, 5.41) is 1.52. The van der Waals surface area contributed by atoms with Gasteiger partial charge >= 0.3 is 79.8 Å². The molecule has 0 bridgehead atoms. The first-order valence-corrected chi connectivity index (χ1v) is 8.11. The van der Waals surface area contributed by atoms with Crippen molar-refractivity contribution in [2.45, 2.75) is 37.3 Å². The zero-order valence-electron chi connectivity index (χ0n) is 7.92. The molecule has 0 unspecified atom stereocenters. The third-order valence-corrected chi connectivity index (χ3v) is 7.48. The molecule has 0 aliphatic rings. The van der Waals surface area contributed by atoms with Crippen LogP contribution in [0.3, 0.4) is 0 Å². The van der Waals surface area contributed by atoms with E-state index in [0.29, 0.717) is 0 Å². The van der Waals surface area contributed by atoms with Crippen LogP contribution >= 0.6 is 0 Å². The van der Waals surface area contributed by atoms with Crippen molar-refractivity contribution < 1.29 is 0 Å². The number of nitrogens with zero attached hydrogens (tertiary/aromatic N) is 6. The summed E-state index contributed by atoms with van der Waals surface area (Å²) >= 11 is -2.57. The molecule has 0 rings (SSSR count). The molecular weight excluding hydrogens is 235 g/mol. The quantitative estimate of drug-likeness (QED) is 0.295. The van der Waals surface area contributed by atoms with Crippen LogP contribution in [0, 0.1) is 0 Å². The fourth-order valence-corrected chi connectivity index (χ4v) is 5.57. The van der Waals surface area contributed by atoms with Crippen LogP contribution in [-0.2, 0) is 0 Å². The Hall–Kier alpha value is -0.861. The summed E-state index contributed by atoms with van der Waals surface area (Å²) < 4.78 is 7.48. The molecule has 0 spiro atoms. The van der Waals surface area contributed by atoms with Crippen LogP contribution in [-0.4, -0.2) is 13.3 Å². The summed E-state index contributed by atoms with van der Waals surface area (Å²) in [6, 6.07) is 0. The average Bonchev–Trinajstić information content (AvgIpc) is 2.06. The van der Waals surface area contributed by atoms with E-state index >= 15 is 0 Å². The molecule has 74 valence electrons. The van der Waals surface area contributed by atoms with Gasteiger partial charge in [0.25, 0.3) is 0 Å². The number of hydrogen-bond donors (Lipinski definition) is 0. The van der Waals surface area contributed by atoms with Crippen LogP contribution in [0.15, 0.2) is 8.26 Å². The number of azide groups is 1. The van der Waals surface area contributed by atoms with Gasteiger partial charge in [0.2, 0.25) is 0 Å². The second-order valence-corrected chi connectivity index (χ2v) is 8.32. The third-order valence-electron chi connectivity index (χ3n) is 1.44. The van der Waals surface area contributed by atoms with Crippen molar-refractivity contribution in [2.75, 3.05) is 0 Å². The minimum atomic E-state index is -2.57. The third kappa shape index (κ3) is 4.06. The summed E-state index contributed by atoms with van der Waals surface area (Å²) in [7, 11) is 0. The first kappa shape index (κ1) is 12.1. The SMILES string of the molecule is CCC[Se](CCC)(N=[N+]=[N-])N=[N+]=[N-]. The molecule has 0 atom stereocenters. The summed E-state index contributed by atoms with van der Waals surface area (Å²) in [4.78, 5) is 5.59. The van der Waals surface area contributed by atoms with E-state index in [0.717, 1.165) is 23.5 Å². The van der Waals surface area contributed by atoms with E-state index < -0.39 is 13.3 Å². The standard InChI is InChI=1S/C6H14N6Se/c1-3-5-13(6-4-2,11-9-7)12-10-8/h3-6H2,1-2H3. The maximum atomic E-state index is 8.40. The van der Waals surface area contributed by atoms with Gasteiger partial charge in [-0.15, -0.1) is 0 Å². The molecule has 0 aromatic rings. The predicted octanol–water partition coefficient (Wildman–Crippen LogP) is 3.87. The topological polar surface area (TPSA) is 97.5 Å². The van der Waals surface area contributed by atoms with Crippen LogP contribution < -0.4 is 0 Å². The Bertz CT molecular complexity index is 214. The van der Waals surface area contributed by atoms with Crippen molar-refractivity contribution in [1.82, 2.24) is 0 Å². The van der Waals surface area contributed by atoms with Crippen molar-refractivity contribution in [3.05, 3.63) is 20.9 Å². The zero-order chi connectivity index (χ0) is 10.2. The Labute approximate surface area is 80.2 Å². The Balaban J connectivity index is 4.77. The fourth-order valence-electron chi connectivity index (χ4n) is 1.07. The molecule has 0 radical (unpaired) electrons. The van der Waals surface area contributed by atoms with Gasteiger partial charge in [-0.05, 0) is 0 Å². The molecule has 13 heavy (non-hydrogen) atoms. The monoisotopic (exact) mass is 250 g/mol. The van der Waals surface area contributed by atoms with E-state index in [1.54, 1.807) is 0 Å². The maximum absolute atomic E-state index is 8.40. The van der Waals surface area contributed by atoms with E-state index in [1.165, 1.54) is 0 Å². The van der Waals surface area contributed by atoms with Crippen molar-refractivity contribution >= 4 is 13.3 Å². The zero-order valence-corrected chi connectivity index (χ0v) is 9.63. The van der Waals surface area contributed by atoms with Gasteiger partial charge in [0.05, 0.1) is 0 Å². The second kappa shape index (κ2) is 6.63. The van der Waals surface area contributed by atoms with E-state index in [-0.39, 0.29) is 0 Å². The Morgan fingerprint density at radius 3 is 1.62 bits per heavy atom. The molecule has 0 aliphatic heterocycles. The van der Waals surface area contributed by atoms with Crippen LogP contribution in [0.1, 0.15) is 26.7 Å². The van der Waals surface area contributed by atoms with Crippen LogP contribution in [0.4, 0.5) is 0 Å². The van der Waals surface area contributed by atoms with Crippen LogP contribution in [0.5, 0.6) is 0 Å². The van der Waals surface area contributed by atoms with E-state index in [2.05, 4.69) is 18.1 Å². The second-order valence-electron chi connectivity index (χ2n) is 2.55. The average molecular weight is 249 g/mol. The molecule has 0 aromatic carbocycles. The van der Waals surface area contributed by atoms with Gasteiger partial charge < -0.3 is 0 Å². The van der Waals surface area contributed by atoms with Gasteiger partial charge in [-0.1, -0.05) is 0 Å². The van der Waals surface area contributed by atoms with Gasteiger partial charge in [-0.25, -0.2) is 0 Å². The Kier molecular flexibility index (Phi) is 6.19. The molecule has 0 aromatic heterocycles. The van der Waals surface area contributed by atoms with Gasteiger partial charge in [0, 0.05) is 0 Å². The Morgan fingerprint density at radius 1 is 1.00 bits per heavy atom. The molecule has 0 amide bonds. The van der Waals surface area contributed by atoms with E-state index in [9.17, 15) is 0 Å². The van der Waals surface area contributed by atoms with Gasteiger partial charge in [-0.2, -0.15) is 0 Å². The normalized spacial score (nSPS) is 11.2. The van der Waals surface area contributed by atoms with Gasteiger partial charge in [0.1, 0.15) is 0 Å². The molecule has 0 aliphatic carbocycles. The first-order chi connectivity index (χ1) is 6.24. The molecular formula is C6H14N6Se. The molecule has 0 heterocycles. The number of rotatable bonds is 6. The van der Waals surface area contributed by atoms with Crippen molar-refractivity contribution in [2.24, 2.45) is 8.26 Å². The van der Waals surface area contributed by atoms with Gasteiger partial charge in [-0.3, -0.25) is 0 Å². The van der Waals surface area contributed by atoms with Crippen molar-refractivity contribution in [3.8, 4) is 0 Å². The molecule has 0 N–H and O–H groups in total. The Morgan fingerprint density at radius 2 is 1.38 bits per heavy atom. The molecule has 0 saturated heterocycles. The molecule has 7 heteroatoms. The van der Waals surface area contributed by atoms with Crippen molar-refractivity contribution in [3.63, 3.8) is 0 Å². The predicted molar refractivity (Wildman–Crippen MR) is 54.2 cm³/mol. The van der Waals surface area contributed by atoms with Crippen LogP contribution in [0.25, 0.3) is 20.9 Å². The summed E-state index contributed by atoms with van der Waals surface area (Å²) in [6.45, 7) is 4.00. The van der Waals surface area contributed by atoms with E-state index in [1.807, 2.05) is 13.8 Å². The summed E-state index contributed by atoms with van der Waals surface area (Å²) in [5.74, 6) is 0. The summed E-state index contributed by atoms with van der Waals surface area (Å²) in [5.41, 5.74) is 16.8. The number of hydrogen-bond acceptors (Lipinski definition) is 2. The van der Waals surface area contributed by atoms with E-state index in [4.69, 9.17) is 11.1 Å². The van der Waals surface area contributed by atoms with Gasteiger partial charge in [0.15, 0.2) is 0 Å². The molecule has 0 fully saturated rings. The molecule has 0 saturated carbocycles. The van der Waals surface area contributed by atoms with Crippen molar-refractivity contribution in [1.29, 1.82) is 0 Å². The first-order valence-electron chi connectivity index (χ1n) is 4.16. The fraction of sp³-hybridized carbons (Fsp3) is 1.00. The summed E-state index contributed by atoms with van der Waals surface area (Å²) in [6.07, 6.45) is 1.80. The minimum absolute atomic E-state index is 0.762. The van der Waals surface area contributed by atoms with Crippen LogP contribution in [0.2, 0.25) is 10.6 Å².